The first kappa shape index (κ1) is 28.1. The number of primary amides is 1. The Morgan fingerprint density at radius 1 is 1.18 bits per heavy atom. The average molecular weight is 555 g/mol. The lowest BCUT2D eigenvalue weighted by atomic mass is 9.58. The first-order valence-corrected chi connectivity index (χ1v) is 13.9. The molecule has 1 saturated heterocycles. The number of ketones is 2. The summed E-state index contributed by atoms with van der Waals surface area (Å²) in [6.07, 6.45) is 3.23. The number of likely N-dealkylation sites (tertiary alicyclic amines) is 1. The van der Waals surface area contributed by atoms with Crippen LogP contribution in [0.2, 0.25) is 0 Å². The molecule has 1 amide bonds. The number of carbonyl (C=O) groups excluding carboxylic acids is 3. The van der Waals surface area contributed by atoms with Gasteiger partial charge in [0.15, 0.2) is 11.4 Å². The SMILES string of the molecule is CCCN1CCC(Nc2ccc3c(c2O)C(=O)C2=C(O)C4(O)C(=O)C(C(N)=O)=C(O)C(N(C)C)C4CC2C3)CC1. The highest BCUT2D eigenvalue weighted by Gasteiger charge is 2.63. The molecule has 4 atom stereocenters. The van der Waals surface area contributed by atoms with Crippen molar-refractivity contribution in [3.05, 3.63) is 45.9 Å². The molecule has 1 aromatic carbocycles. The molecule has 0 bridgehead atoms. The zero-order valence-electron chi connectivity index (χ0n) is 23.1. The number of Topliss-reactive ketones (excluding diaryl/α,β-unsaturated/α-hetero) is 2. The van der Waals surface area contributed by atoms with E-state index in [-0.39, 0.29) is 35.8 Å². The number of carbonyl (C=O) groups is 3. The summed E-state index contributed by atoms with van der Waals surface area (Å²) in [6.45, 7) is 5.08. The van der Waals surface area contributed by atoms with Gasteiger partial charge in [-0.3, -0.25) is 19.3 Å². The van der Waals surface area contributed by atoms with E-state index in [4.69, 9.17) is 5.73 Å². The second kappa shape index (κ2) is 10.2. The topological polar surface area (TPSA) is 177 Å². The quantitative estimate of drug-likeness (QED) is 0.223. The van der Waals surface area contributed by atoms with Gasteiger partial charge in [-0.1, -0.05) is 13.0 Å². The summed E-state index contributed by atoms with van der Waals surface area (Å²) >= 11 is 0. The van der Waals surface area contributed by atoms with Gasteiger partial charge in [-0.2, -0.15) is 0 Å². The number of aliphatic hydroxyl groups is 3. The molecule has 0 spiro atoms. The van der Waals surface area contributed by atoms with Gasteiger partial charge in [0.2, 0.25) is 5.78 Å². The van der Waals surface area contributed by atoms with Crippen LogP contribution in [0.1, 0.15) is 48.5 Å². The molecule has 0 aromatic heterocycles. The number of likely N-dealkylation sites (N-methyl/N-ethyl adjacent to an activating group) is 1. The number of aliphatic hydroxyl groups excluding tert-OH is 2. The van der Waals surface area contributed by atoms with Crippen molar-refractivity contribution < 1.29 is 34.8 Å². The third-order valence-corrected chi connectivity index (χ3v) is 9.08. The Bertz CT molecular complexity index is 1330. The van der Waals surface area contributed by atoms with Crippen molar-refractivity contribution in [2.45, 2.75) is 56.7 Å². The van der Waals surface area contributed by atoms with Gasteiger partial charge >= 0.3 is 0 Å². The lowest BCUT2D eigenvalue weighted by Crippen LogP contribution is -2.63. The second-order valence-electron chi connectivity index (χ2n) is 11.7. The Labute approximate surface area is 232 Å². The van der Waals surface area contributed by atoms with Gasteiger partial charge in [-0.05, 0) is 70.3 Å². The number of hydrogen-bond acceptors (Lipinski definition) is 10. The highest BCUT2D eigenvalue weighted by molar-refractivity contribution is 6.24. The predicted octanol–water partition coefficient (Wildman–Crippen LogP) is 1.41. The number of nitrogens with one attached hydrogen (secondary N) is 1. The van der Waals surface area contributed by atoms with Gasteiger partial charge in [0.25, 0.3) is 5.91 Å². The molecule has 5 rings (SSSR count). The van der Waals surface area contributed by atoms with E-state index in [1.54, 1.807) is 26.2 Å². The Morgan fingerprint density at radius 2 is 1.85 bits per heavy atom. The van der Waals surface area contributed by atoms with Crippen LogP contribution in [0.5, 0.6) is 5.75 Å². The van der Waals surface area contributed by atoms with E-state index in [2.05, 4.69) is 17.1 Å². The van der Waals surface area contributed by atoms with Crippen LogP contribution in [0.15, 0.2) is 34.8 Å². The second-order valence-corrected chi connectivity index (χ2v) is 11.7. The number of piperidine rings is 1. The van der Waals surface area contributed by atoms with Crippen LogP contribution >= 0.6 is 0 Å². The normalized spacial score (nSPS) is 29.4. The van der Waals surface area contributed by atoms with Crippen LogP contribution in [0.25, 0.3) is 0 Å². The van der Waals surface area contributed by atoms with E-state index in [1.807, 2.05) is 0 Å². The lowest BCUT2D eigenvalue weighted by Gasteiger charge is -2.50. The molecule has 11 nitrogen and oxygen atoms in total. The number of hydrogen-bond donors (Lipinski definition) is 6. The zero-order chi connectivity index (χ0) is 29.1. The number of rotatable bonds is 6. The minimum Gasteiger partial charge on any atom is -0.510 e. The fourth-order valence-electron chi connectivity index (χ4n) is 7.18. The smallest absolute Gasteiger partial charge is 0.255 e. The summed E-state index contributed by atoms with van der Waals surface area (Å²) in [5.74, 6) is -6.43. The third kappa shape index (κ3) is 4.18. The summed E-state index contributed by atoms with van der Waals surface area (Å²) in [7, 11) is 3.21. The lowest BCUT2D eigenvalue weighted by molar-refractivity contribution is -0.148. The van der Waals surface area contributed by atoms with Crippen LogP contribution in [0.3, 0.4) is 0 Å². The molecule has 40 heavy (non-hydrogen) atoms. The van der Waals surface area contributed by atoms with E-state index in [0.717, 1.165) is 38.9 Å². The number of nitrogens with two attached hydrogens (primary N) is 1. The minimum atomic E-state index is -2.64. The summed E-state index contributed by atoms with van der Waals surface area (Å²) < 4.78 is 0. The van der Waals surface area contributed by atoms with Gasteiger partial charge in [0.1, 0.15) is 22.8 Å². The maximum atomic E-state index is 13.9. The number of aromatic hydroxyl groups is 1. The molecule has 11 heteroatoms. The maximum Gasteiger partial charge on any atom is 0.255 e. The summed E-state index contributed by atoms with van der Waals surface area (Å²) in [4.78, 5) is 43.3. The summed E-state index contributed by atoms with van der Waals surface area (Å²) in [5.41, 5.74) is 2.81. The van der Waals surface area contributed by atoms with Crippen LogP contribution in [-0.4, -0.2) is 99.1 Å². The molecule has 216 valence electrons. The van der Waals surface area contributed by atoms with Crippen molar-refractivity contribution in [1.82, 2.24) is 9.80 Å². The van der Waals surface area contributed by atoms with Gasteiger partial charge < -0.3 is 36.4 Å². The van der Waals surface area contributed by atoms with E-state index in [0.29, 0.717) is 11.3 Å². The van der Waals surface area contributed by atoms with E-state index in [1.165, 1.54) is 4.90 Å². The van der Waals surface area contributed by atoms with Crippen molar-refractivity contribution in [1.29, 1.82) is 0 Å². The zero-order valence-corrected chi connectivity index (χ0v) is 23.1. The van der Waals surface area contributed by atoms with Crippen LogP contribution in [0, 0.1) is 11.8 Å². The molecule has 1 aliphatic heterocycles. The highest BCUT2D eigenvalue weighted by atomic mass is 16.3. The van der Waals surface area contributed by atoms with Crippen molar-refractivity contribution in [3.63, 3.8) is 0 Å². The number of amides is 1. The van der Waals surface area contributed by atoms with Crippen molar-refractivity contribution in [3.8, 4) is 5.75 Å². The Hall–Kier alpha value is -3.41. The Kier molecular flexibility index (Phi) is 7.18. The Morgan fingerprint density at radius 3 is 2.45 bits per heavy atom. The largest absolute Gasteiger partial charge is 0.510 e. The number of nitrogens with zero attached hydrogens (tertiary/aromatic N) is 2. The first-order valence-electron chi connectivity index (χ1n) is 13.9. The van der Waals surface area contributed by atoms with Gasteiger partial charge in [0, 0.05) is 30.6 Å². The molecule has 1 fully saturated rings. The van der Waals surface area contributed by atoms with Crippen molar-refractivity contribution >= 4 is 23.2 Å². The predicted molar refractivity (Wildman–Crippen MR) is 147 cm³/mol. The molecular weight excluding hydrogens is 516 g/mol. The number of fused-ring (bicyclic) bond motifs is 3. The molecule has 0 saturated carbocycles. The number of allylic oxidation sites excluding steroid dienone is 1. The van der Waals surface area contributed by atoms with Crippen LogP contribution in [-0.2, 0) is 16.0 Å². The number of anilines is 1. The van der Waals surface area contributed by atoms with E-state index in [9.17, 15) is 34.8 Å². The molecule has 1 aromatic rings. The van der Waals surface area contributed by atoms with Crippen molar-refractivity contribution in [2.24, 2.45) is 17.6 Å². The van der Waals surface area contributed by atoms with Crippen LogP contribution < -0.4 is 11.1 Å². The van der Waals surface area contributed by atoms with Gasteiger partial charge in [0.05, 0.1) is 17.3 Å². The molecule has 4 aliphatic rings. The standard InChI is InChI=1S/C29H38N4O7/c1-4-9-33-10-7-16(8-11-33)31-18-6-5-14-12-15-13-17-22(32(2)3)25(36)21(28(30)39)27(38)29(17,40)26(37)20(15)24(35)19(14)23(18)34/h5-6,15-17,22,31,34,36-37,40H,4,7-13H2,1-3H3,(H2,30,39). The number of benzene rings is 1. The van der Waals surface area contributed by atoms with Crippen molar-refractivity contribution in [2.75, 3.05) is 39.0 Å². The highest BCUT2D eigenvalue weighted by Crippen LogP contribution is 2.52. The molecule has 1 heterocycles. The van der Waals surface area contributed by atoms with Gasteiger partial charge in [-0.15, -0.1) is 0 Å². The number of phenolic OH excluding ortho intramolecular Hbond substituents is 1. The Balaban J connectivity index is 1.52. The van der Waals surface area contributed by atoms with Crippen LogP contribution in [0.4, 0.5) is 5.69 Å². The molecule has 0 radical (unpaired) electrons. The minimum absolute atomic E-state index is 0.0224. The average Bonchev–Trinajstić information content (AvgIpc) is 2.88. The summed E-state index contributed by atoms with van der Waals surface area (Å²) in [5, 5.41) is 48.5. The number of phenols is 1. The fraction of sp³-hybridized carbons (Fsp3) is 0.552. The van der Waals surface area contributed by atoms with E-state index < -0.39 is 58.0 Å². The summed E-state index contributed by atoms with van der Waals surface area (Å²) in [6, 6.07) is 2.67. The molecular formula is C29H38N4O7. The molecule has 3 aliphatic carbocycles. The molecule has 7 N–H and O–H groups in total. The maximum absolute atomic E-state index is 13.9. The third-order valence-electron chi connectivity index (χ3n) is 9.08. The first-order chi connectivity index (χ1) is 18.9. The van der Waals surface area contributed by atoms with E-state index >= 15 is 0 Å². The monoisotopic (exact) mass is 554 g/mol. The fourth-order valence-corrected chi connectivity index (χ4v) is 7.18. The molecule has 4 unspecified atom stereocenters. The van der Waals surface area contributed by atoms with Gasteiger partial charge in [-0.25, -0.2) is 0 Å².